The van der Waals surface area contributed by atoms with Crippen LogP contribution in [0, 0.1) is 13.8 Å². The average molecular weight is 367 g/mol. The molecule has 0 aliphatic heterocycles. The van der Waals surface area contributed by atoms with Crippen LogP contribution in [0.15, 0.2) is 84.9 Å². The first kappa shape index (κ1) is 18.1. The Morgan fingerprint density at radius 3 is 2.39 bits per heavy atom. The number of hydrogen-bond donors (Lipinski definition) is 1. The largest absolute Gasteiger partial charge is 0.489 e. The predicted octanol–water partition coefficient (Wildman–Crippen LogP) is 6.65. The summed E-state index contributed by atoms with van der Waals surface area (Å²) >= 11 is 0. The van der Waals surface area contributed by atoms with E-state index in [0.717, 1.165) is 12.3 Å². The highest BCUT2D eigenvalue weighted by atomic mass is 16.5. The highest BCUT2D eigenvalue weighted by molar-refractivity contribution is 5.85. The number of ether oxygens (including phenoxy) is 1. The third-order valence-electron chi connectivity index (χ3n) is 5.06. The predicted molar refractivity (Wildman–Crippen MR) is 118 cm³/mol. The van der Waals surface area contributed by atoms with Crippen molar-refractivity contribution in [2.75, 3.05) is 5.32 Å². The lowest BCUT2D eigenvalue weighted by Crippen LogP contribution is -2.01. The smallest absolute Gasteiger partial charge is 0.119 e. The van der Waals surface area contributed by atoms with Gasteiger partial charge in [0.2, 0.25) is 0 Å². The van der Waals surface area contributed by atoms with Crippen LogP contribution in [-0.2, 0) is 13.2 Å². The van der Waals surface area contributed by atoms with Crippen LogP contribution in [0.2, 0.25) is 0 Å². The molecule has 0 aliphatic carbocycles. The van der Waals surface area contributed by atoms with E-state index in [0.29, 0.717) is 6.61 Å². The van der Waals surface area contributed by atoms with Gasteiger partial charge >= 0.3 is 0 Å². The lowest BCUT2D eigenvalue weighted by molar-refractivity contribution is 0.307. The highest BCUT2D eigenvalue weighted by Gasteiger charge is 2.03. The van der Waals surface area contributed by atoms with E-state index in [1.54, 1.807) is 0 Å². The fourth-order valence-electron chi connectivity index (χ4n) is 3.49. The van der Waals surface area contributed by atoms with E-state index >= 15 is 0 Å². The molecule has 0 fully saturated rings. The number of rotatable bonds is 6. The van der Waals surface area contributed by atoms with E-state index in [4.69, 9.17) is 4.74 Å². The Hall–Kier alpha value is -3.26. The van der Waals surface area contributed by atoms with Crippen molar-refractivity contribution in [2.24, 2.45) is 0 Å². The summed E-state index contributed by atoms with van der Waals surface area (Å²) in [7, 11) is 0. The summed E-state index contributed by atoms with van der Waals surface area (Å²) in [6, 6.07) is 29.6. The van der Waals surface area contributed by atoms with Gasteiger partial charge in [-0.05, 0) is 59.5 Å². The quantitative estimate of drug-likeness (QED) is 0.412. The minimum atomic E-state index is 0.571. The third-order valence-corrected chi connectivity index (χ3v) is 5.06. The zero-order chi connectivity index (χ0) is 19.3. The van der Waals surface area contributed by atoms with Crippen molar-refractivity contribution in [1.82, 2.24) is 0 Å². The molecule has 0 aliphatic rings. The lowest BCUT2D eigenvalue weighted by atomic mass is 10.1. The van der Waals surface area contributed by atoms with Crippen molar-refractivity contribution in [3.05, 3.63) is 107 Å². The van der Waals surface area contributed by atoms with Crippen molar-refractivity contribution in [3.8, 4) is 5.75 Å². The number of fused-ring (bicyclic) bond motifs is 1. The molecule has 4 aromatic rings. The van der Waals surface area contributed by atoms with Crippen molar-refractivity contribution in [3.63, 3.8) is 0 Å². The van der Waals surface area contributed by atoms with E-state index < -0.39 is 0 Å². The van der Waals surface area contributed by atoms with Crippen LogP contribution in [0.5, 0.6) is 5.75 Å². The van der Waals surface area contributed by atoms with Crippen LogP contribution in [0.25, 0.3) is 10.8 Å². The van der Waals surface area contributed by atoms with Gasteiger partial charge in [-0.3, -0.25) is 0 Å². The molecule has 0 radical (unpaired) electrons. The molecule has 4 aromatic carbocycles. The SMILES string of the molecule is Cc1ccc(NCc2ccc(OCc3cccc4ccccc34)cc2)c(C)c1. The summed E-state index contributed by atoms with van der Waals surface area (Å²) < 4.78 is 6.03. The normalized spacial score (nSPS) is 10.8. The van der Waals surface area contributed by atoms with Crippen molar-refractivity contribution in [1.29, 1.82) is 0 Å². The second-order valence-corrected chi connectivity index (χ2v) is 7.24. The summed E-state index contributed by atoms with van der Waals surface area (Å²) in [4.78, 5) is 0. The average Bonchev–Trinajstić information content (AvgIpc) is 2.72. The Kier molecular flexibility index (Phi) is 5.29. The lowest BCUT2D eigenvalue weighted by Gasteiger charge is -2.12. The highest BCUT2D eigenvalue weighted by Crippen LogP contribution is 2.22. The van der Waals surface area contributed by atoms with E-state index in [2.05, 4.69) is 92.0 Å². The summed E-state index contributed by atoms with van der Waals surface area (Å²) in [6.45, 7) is 5.63. The minimum Gasteiger partial charge on any atom is -0.489 e. The molecule has 140 valence electrons. The fourth-order valence-corrected chi connectivity index (χ4v) is 3.49. The molecule has 2 nitrogen and oxygen atoms in total. The Morgan fingerprint density at radius 2 is 1.57 bits per heavy atom. The molecule has 0 atom stereocenters. The van der Waals surface area contributed by atoms with Crippen LogP contribution >= 0.6 is 0 Å². The molecule has 0 saturated carbocycles. The molecule has 28 heavy (non-hydrogen) atoms. The molecular weight excluding hydrogens is 342 g/mol. The maximum Gasteiger partial charge on any atom is 0.119 e. The zero-order valence-corrected chi connectivity index (χ0v) is 16.4. The van der Waals surface area contributed by atoms with Gasteiger partial charge in [-0.25, -0.2) is 0 Å². The molecule has 0 aromatic heterocycles. The molecule has 0 spiro atoms. The first-order chi connectivity index (χ1) is 13.7. The summed E-state index contributed by atoms with van der Waals surface area (Å²) in [5.41, 5.74) is 6.18. The van der Waals surface area contributed by atoms with Gasteiger partial charge in [-0.1, -0.05) is 72.3 Å². The van der Waals surface area contributed by atoms with Gasteiger partial charge in [-0.15, -0.1) is 0 Å². The van der Waals surface area contributed by atoms with Gasteiger partial charge < -0.3 is 10.1 Å². The van der Waals surface area contributed by atoms with Gasteiger partial charge in [0, 0.05) is 12.2 Å². The topological polar surface area (TPSA) is 21.3 Å². The van der Waals surface area contributed by atoms with Gasteiger partial charge in [0.05, 0.1) is 0 Å². The van der Waals surface area contributed by atoms with Crippen LogP contribution in [0.4, 0.5) is 5.69 Å². The van der Waals surface area contributed by atoms with Gasteiger partial charge in [0.25, 0.3) is 0 Å². The Balaban J connectivity index is 1.38. The first-order valence-electron chi connectivity index (χ1n) is 9.68. The van der Waals surface area contributed by atoms with Gasteiger partial charge in [0.1, 0.15) is 12.4 Å². The molecule has 0 bridgehead atoms. The molecule has 0 unspecified atom stereocenters. The summed E-state index contributed by atoms with van der Waals surface area (Å²) in [5.74, 6) is 0.892. The van der Waals surface area contributed by atoms with Crippen LogP contribution in [0.1, 0.15) is 22.3 Å². The summed E-state index contributed by atoms with van der Waals surface area (Å²) in [5, 5.41) is 6.01. The molecule has 2 heteroatoms. The van der Waals surface area contributed by atoms with Crippen LogP contribution in [-0.4, -0.2) is 0 Å². The van der Waals surface area contributed by atoms with Gasteiger partial charge in [-0.2, -0.15) is 0 Å². The zero-order valence-electron chi connectivity index (χ0n) is 16.4. The van der Waals surface area contributed by atoms with Crippen molar-refractivity contribution < 1.29 is 4.74 Å². The number of nitrogens with one attached hydrogen (secondary N) is 1. The first-order valence-corrected chi connectivity index (χ1v) is 9.68. The van der Waals surface area contributed by atoms with Crippen LogP contribution in [0.3, 0.4) is 0 Å². The number of anilines is 1. The number of aryl methyl sites for hydroxylation is 2. The van der Waals surface area contributed by atoms with Gasteiger partial charge in [0.15, 0.2) is 0 Å². The molecule has 0 heterocycles. The standard InChI is InChI=1S/C26H25NO/c1-19-10-15-26(20(2)16-19)27-17-21-11-13-24(14-12-21)28-18-23-8-5-7-22-6-3-4-9-25(22)23/h3-16,27H,17-18H2,1-2H3. The van der Waals surface area contributed by atoms with Crippen molar-refractivity contribution in [2.45, 2.75) is 27.0 Å². The van der Waals surface area contributed by atoms with Crippen LogP contribution < -0.4 is 10.1 Å². The molecular formula is C26H25NO. The second kappa shape index (κ2) is 8.18. The fraction of sp³-hybridized carbons (Fsp3) is 0.154. The maximum atomic E-state index is 6.03. The molecule has 4 rings (SSSR count). The molecule has 1 N–H and O–H groups in total. The minimum absolute atomic E-state index is 0.571. The van der Waals surface area contributed by atoms with E-state index in [1.165, 1.54) is 38.7 Å². The summed E-state index contributed by atoms with van der Waals surface area (Å²) in [6.07, 6.45) is 0. The number of hydrogen-bond acceptors (Lipinski definition) is 2. The Labute approximate surface area is 166 Å². The molecule has 0 amide bonds. The van der Waals surface area contributed by atoms with Crippen molar-refractivity contribution >= 4 is 16.5 Å². The monoisotopic (exact) mass is 367 g/mol. The second-order valence-electron chi connectivity index (χ2n) is 7.24. The van der Waals surface area contributed by atoms with E-state index in [-0.39, 0.29) is 0 Å². The third kappa shape index (κ3) is 4.17. The number of benzene rings is 4. The Morgan fingerprint density at radius 1 is 0.786 bits per heavy atom. The van der Waals surface area contributed by atoms with E-state index in [9.17, 15) is 0 Å². The molecule has 0 saturated heterocycles. The van der Waals surface area contributed by atoms with E-state index in [1.807, 2.05) is 12.1 Å². The Bertz CT molecular complexity index is 1080. The maximum absolute atomic E-state index is 6.03.